The molecule has 120 valence electrons. The van der Waals surface area contributed by atoms with Gasteiger partial charge in [-0.1, -0.05) is 30.3 Å². The van der Waals surface area contributed by atoms with Gasteiger partial charge in [0.2, 0.25) is 0 Å². The first-order valence-corrected chi connectivity index (χ1v) is 8.22. The lowest BCUT2D eigenvalue weighted by atomic mass is 10.3. The third kappa shape index (κ3) is 3.19. The van der Waals surface area contributed by atoms with Crippen molar-refractivity contribution >= 4 is 29.6 Å². The summed E-state index contributed by atoms with van der Waals surface area (Å²) in [4.78, 5) is 2.32. The van der Waals surface area contributed by atoms with Gasteiger partial charge >= 0.3 is 0 Å². The van der Waals surface area contributed by atoms with Gasteiger partial charge in [-0.2, -0.15) is 0 Å². The molecule has 1 N–H and O–H groups in total. The van der Waals surface area contributed by atoms with Crippen LogP contribution < -0.4 is 20.8 Å². The Hall–Kier alpha value is -2.04. The summed E-state index contributed by atoms with van der Waals surface area (Å²) in [6.07, 6.45) is 5.94. The van der Waals surface area contributed by atoms with Crippen molar-refractivity contribution in [3.05, 3.63) is 52.5 Å². The molecule has 0 amide bonds. The van der Waals surface area contributed by atoms with Gasteiger partial charge in [-0.25, -0.2) is 4.68 Å². The molecule has 1 aromatic heterocycles. The molecule has 1 aromatic carbocycles. The van der Waals surface area contributed by atoms with E-state index in [9.17, 15) is 0 Å². The number of allylic oxidation sites excluding steroid dienone is 1. The zero-order valence-corrected chi connectivity index (χ0v) is 14.1. The Bertz CT molecular complexity index is 799. The molecule has 1 fully saturated rings. The minimum atomic E-state index is 0.725. The Morgan fingerprint density at radius 3 is 2.52 bits per heavy atom. The number of halogens is 1. The van der Waals surface area contributed by atoms with Gasteiger partial charge in [-0.15, -0.1) is 5.10 Å². The molecule has 3 rings (SSSR count). The monoisotopic (exact) mass is 328 g/mol. The van der Waals surface area contributed by atoms with E-state index in [4.69, 9.17) is 16.7 Å². The van der Waals surface area contributed by atoms with Crippen LogP contribution in [0.25, 0.3) is 17.8 Å². The second kappa shape index (κ2) is 7.02. The van der Waals surface area contributed by atoms with Crippen molar-refractivity contribution in [1.29, 1.82) is 0 Å². The fraction of sp³-hybridized carbons (Fsp3) is 0.278. The van der Waals surface area contributed by atoms with Crippen LogP contribution in [0.1, 0.15) is 6.92 Å². The number of nitrogens with zero attached hydrogens (tertiary/aromatic N) is 3. The topological polar surface area (TPSA) is 33.1 Å². The number of nitrogens with one attached hydrogen (secondary N) is 1. The van der Waals surface area contributed by atoms with Gasteiger partial charge in [0.25, 0.3) is 0 Å². The highest BCUT2D eigenvalue weighted by Crippen LogP contribution is 2.13. The summed E-state index contributed by atoms with van der Waals surface area (Å²) in [6, 6.07) is 7.75. The second-order valence-corrected chi connectivity index (χ2v) is 5.88. The molecule has 0 aliphatic carbocycles. The average molecular weight is 329 g/mol. The van der Waals surface area contributed by atoms with Crippen LogP contribution in [0.5, 0.6) is 0 Å². The molecule has 0 bridgehead atoms. The number of rotatable bonds is 3. The van der Waals surface area contributed by atoms with Gasteiger partial charge < -0.3 is 10.2 Å². The van der Waals surface area contributed by atoms with E-state index in [2.05, 4.69) is 22.9 Å². The smallest absolute Gasteiger partial charge is 0.159 e. The van der Waals surface area contributed by atoms with Gasteiger partial charge in [0.15, 0.2) is 5.82 Å². The fourth-order valence-corrected chi connectivity index (χ4v) is 3.00. The van der Waals surface area contributed by atoms with Crippen LogP contribution in [0, 0.1) is 0 Å². The van der Waals surface area contributed by atoms with Crippen molar-refractivity contribution in [2.75, 3.05) is 31.1 Å². The maximum Gasteiger partial charge on any atom is 0.159 e. The fourth-order valence-electron chi connectivity index (χ4n) is 2.88. The Balaban J connectivity index is 2.19. The third-order valence-corrected chi connectivity index (χ3v) is 4.24. The van der Waals surface area contributed by atoms with Crippen LogP contribution in [0.15, 0.2) is 36.9 Å². The molecule has 1 saturated heterocycles. The van der Waals surface area contributed by atoms with E-state index in [-0.39, 0.29) is 0 Å². The molecule has 2 heterocycles. The van der Waals surface area contributed by atoms with E-state index < -0.39 is 0 Å². The van der Waals surface area contributed by atoms with Gasteiger partial charge in [-0.05, 0) is 37.3 Å². The van der Waals surface area contributed by atoms with Crippen molar-refractivity contribution in [1.82, 2.24) is 15.1 Å². The van der Waals surface area contributed by atoms with E-state index in [1.807, 2.05) is 48.0 Å². The summed E-state index contributed by atoms with van der Waals surface area (Å²) in [7, 11) is 0. The molecule has 0 radical (unpaired) electrons. The zero-order valence-electron chi connectivity index (χ0n) is 13.3. The maximum absolute atomic E-state index is 6.01. The normalized spacial score (nSPS) is 16.9. The zero-order chi connectivity index (χ0) is 16.2. The molecule has 1 aliphatic heterocycles. The Labute approximate surface area is 141 Å². The number of piperazine rings is 1. The molecular formula is C18H21ClN4. The van der Waals surface area contributed by atoms with Crippen LogP contribution >= 0.6 is 11.6 Å². The highest BCUT2D eigenvalue weighted by molar-refractivity contribution is 6.30. The van der Waals surface area contributed by atoms with Crippen molar-refractivity contribution in [3.63, 3.8) is 0 Å². The Morgan fingerprint density at radius 1 is 1.22 bits per heavy atom. The number of benzene rings is 1. The Kier molecular flexibility index (Phi) is 4.84. The summed E-state index contributed by atoms with van der Waals surface area (Å²) in [5, 5.41) is 11.2. The standard InChI is InChI=1S/C18H21ClN4/c1-3-5-16-17(4-2)23(15-8-6-14(19)7-9-15)21-18(16)22-12-10-20-11-13-22/h3-9,20H,1,10-13H2,2H3/b16-5+,17-4+. The first-order chi connectivity index (χ1) is 11.2. The first kappa shape index (κ1) is 15.8. The van der Waals surface area contributed by atoms with E-state index in [0.29, 0.717) is 0 Å². The molecule has 0 spiro atoms. The van der Waals surface area contributed by atoms with E-state index in [1.165, 1.54) is 0 Å². The molecule has 2 aromatic rings. The average Bonchev–Trinajstić information content (AvgIpc) is 2.95. The van der Waals surface area contributed by atoms with Gasteiger partial charge in [0.1, 0.15) is 0 Å². The largest absolute Gasteiger partial charge is 0.352 e. The third-order valence-electron chi connectivity index (χ3n) is 3.99. The van der Waals surface area contributed by atoms with E-state index in [1.54, 1.807) is 0 Å². The van der Waals surface area contributed by atoms with Crippen molar-refractivity contribution < 1.29 is 0 Å². The predicted molar refractivity (Wildman–Crippen MR) is 97.7 cm³/mol. The quantitative estimate of drug-likeness (QED) is 0.931. The van der Waals surface area contributed by atoms with Crippen LogP contribution in [0.2, 0.25) is 5.02 Å². The van der Waals surface area contributed by atoms with Gasteiger partial charge in [0.05, 0.1) is 11.0 Å². The minimum absolute atomic E-state index is 0.725. The molecule has 0 atom stereocenters. The second-order valence-electron chi connectivity index (χ2n) is 5.44. The van der Waals surface area contributed by atoms with Crippen LogP contribution in [-0.4, -0.2) is 36.0 Å². The van der Waals surface area contributed by atoms with Crippen LogP contribution in [-0.2, 0) is 0 Å². The highest BCUT2D eigenvalue weighted by atomic mass is 35.5. The highest BCUT2D eigenvalue weighted by Gasteiger charge is 2.17. The molecule has 0 unspecified atom stereocenters. The van der Waals surface area contributed by atoms with Crippen LogP contribution in [0.3, 0.4) is 0 Å². The lowest BCUT2D eigenvalue weighted by Crippen LogP contribution is -2.45. The maximum atomic E-state index is 6.01. The molecule has 1 aliphatic rings. The lowest BCUT2D eigenvalue weighted by molar-refractivity contribution is 0.582. The molecule has 5 heteroatoms. The molecule has 0 saturated carbocycles. The van der Waals surface area contributed by atoms with E-state index >= 15 is 0 Å². The summed E-state index contributed by atoms with van der Waals surface area (Å²) in [5.74, 6) is 1.01. The Morgan fingerprint density at radius 2 is 1.91 bits per heavy atom. The number of hydrogen-bond acceptors (Lipinski definition) is 3. The van der Waals surface area contributed by atoms with Gasteiger partial charge in [0, 0.05) is 36.4 Å². The summed E-state index contributed by atoms with van der Waals surface area (Å²) >= 11 is 6.01. The number of aromatic nitrogens is 2. The van der Waals surface area contributed by atoms with Crippen molar-refractivity contribution in [2.45, 2.75) is 6.92 Å². The van der Waals surface area contributed by atoms with Crippen molar-refractivity contribution in [3.8, 4) is 5.69 Å². The van der Waals surface area contributed by atoms with E-state index in [0.717, 1.165) is 53.3 Å². The van der Waals surface area contributed by atoms with Crippen molar-refractivity contribution in [2.24, 2.45) is 0 Å². The predicted octanol–water partition coefficient (Wildman–Crippen LogP) is 1.70. The molecular weight excluding hydrogens is 308 g/mol. The summed E-state index contributed by atoms with van der Waals surface area (Å²) in [5.41, 5.74) is 1.00. The SMILES string of the molecule is C=C/C=c1/c(N2CCNCC2)nn(-c2ccc(Cl)cc2)/c1=C/C. The van der Waals surface area contributed by atoms with Crippen LogP contribution in [0.4, 0.5) is 5.82 Å². The lowest BCUT2D eigenvalue weighted by Gasteiger charge is -2.27. The molecule has 23 heavy (non-hydrogen) atoms. The minimum Gasteiger partial charge on any atom is -0.352 e. The summed E-state index contributed by atoms with van der Waals surface area (Å²) < 4.78 is 1.98. The summed E-state index contributed by atoms with van der Waals surface area (Å²) in [6.45, 7) is 9.76. The number of hydrogen-bond donors (Lipinski definition) is 1. The molecule has 4 nitrogen and oxygen atoms in total. The number of anilines is 1. The van der Waals surface area contributed by atoms with Gasteiger partial charge in [-0.3, -0.25) is 0 Å². The first-order valence-electron chi connectivity index (χ1n) is 7.84.